The fraction of sp³-hybridized carbons (Fsp3) is 0.462. The highest BCUT2D eigenvalue weighted by Gasteiger charge is 2.23. The van der Waals surface area contributed by atoms with E-state index in [9.17, 15) is 12.8 Å². The number of sulfonamides is 1. The zero-order chi connectivity index (χ0) is 14.8. The summed E-state index contributed by atoms with van der Waals surface area (Å²) in [7, 11) is -3.15. The number of hydrogen-bond donors (Lipinski definition) is 0. The van der Waals surface area contributed by atoms with Crippen LogP contribution in [0.15, 0.2) is 18.2 Å². The van der Waals surface area contributed by atoms with Gasteiger partial charge in [-0.3, -0.25) is 4.90 Å². The van der Waals surface area contributed by atoms with E-state index in [1.165, 1.54) is 28.8 Å². The Hall–Kier alpha value is -1.49. The molecule has 7 heteroatoms. The zero-order valence-electron chi connectivity index (χ0n) is 11.2. The predicted octanol–water partition coefficient (Wildman–Crippen LogP) is 0.775. The van der Waals surface area contributed by atoms with Crippen molar-refractivity contribution in [2.75, 3.05) is 32.4 Å². The maximum Gasteiger partial charge on any atom is 0.211 e. The van der Waals surface area contributed by atoms with Crippen LogP contribution in [0, 0.1) is 17.1 Å². The van der Waals surface area contributed by atoms with Gasteiger partial charge in [0.2, 0.25) is 10.0 Å². The van der Waals surface area contributed by atoms with E-state index in [1.54, 1.807) is 0 Å². The van der Waals surface area contributed by atoms with Gasteiger partial charge in [-0.25, -0.2) is 12.8 Å². The van der Waals surface area contributed by atoms with E-state index in [2.05, 4.69) is 0 Å². The first kappa shape index (κ1) is 14.9. The first-order chi connectivity index (χ1) is 9.40. The van der Waals surface area contributed by atoms with Crippen LogP contribution in [-0.2, 0) is 16.6 Å². The summed E-state index contributed by atoms with van der Waals surface area (Å²) in [5, 5.41) is 8.82. The highest BCUT2D eigenvalue weighted by molar-refractivity contribution is 7.88. The molecular weight excluding hydrogens is 281 g/mol. The molecule has 1 aliphatic heterocycles. The van der Waals surface area contributed by atoms with E-state index in [0.717, 1.165) is 0 Å². The Morgan fingerprint density at radius 3 is 2.50 bits per heavy atom. The molecule has 0 bridgehead atoms. The average Bonchev–Trinajstić information content (AvgIpc) is 2.41. The lowest BCUT2D eigenvalue weighted by molar-refractivity contribution is 0.180. The Morgan fingerprint density at radius 1 is 1.30 bits per heavy atom. The molecule has 0 radical (unpaired) electrons. The molecule has 1 heterocycles. The number of rotatable bonds is 3. The molecule has 0 spiro atoms. The van der Waals surface area contributed by atoms with E-state index >= 15 is 0 Å². The molecule has 20 heavy (non-hydrogen) atoms. The third kappa shape index (κ3) is 3.54. The van der Waals surface area contributed by atoms with Crippen molar-refractivity contribution in [1.29, 1.82) is 5.26 Å². The molecule has 1 aliphatic rings. The van der Waals surface area contributed by atoms with Crippen LogP contribution in [0.3, 0.4) is 0 Å². The summed E-state index contributed by atoms with van der Waals surface area (Å²) >= 11 is 0. The van der Waals surface area contributed by atoms with E-state index < -0.39 is 10.0 Å². The summed E-state index contributed by atoms with van der Waals surface area (Å²) in [5.41, 5.74) is 0.896. The van der Waals surface area contributed by atoms with Crippen molar-refractivity contribution >= 4 is 10.0 Å². The number of halogens is 1. The Morgan fingerprint density at radius 2 is 1.95 bits per heavy atom. The maximum absolute atomic E-state index is 13.7. The van der Waals surface area contributed by atoms with Crippen LogP contribution in [0.1, 0.15) is 11.1 Å². The van der Waals surface area contributed by atoms with E-state index in [-0.39, 0.29) is 5.82 Å². The Kier molecular flexibility index (Phi) is 4.38. The number of piperazine rings is 1. The molecular formula is C13H16FN3O2S. The summed E-state index contributed by atoms with van der Waals surface area (Å²) in [6.45, 7) is 2.34. The van der Waals surface area contributed by atoms with Gasteiger partial charge in [0.05, 0.1) is 17.9 Å². The SMILES string of the molecule is CS(=O)(=O)N1CCN(Cc2cc(C#N)ccc2F)CC1. The lowest BCUT2D eigenvalue weighted by Gasteiger charge is -2.33. The van der Waals surface area contributed by atoms with Crippen LogP contribution in [0.25, 0.3) is 0 Å². The van der Waals surface area contributed by atoms with E-state index in [1.807, 2.05) is 11.0 Å². The van der Waals surface area contributed by atoms with Gasteiger partial charge in [0.15, 0.2) is 0 Å². The molecule has 1 aromatic carbocycles. The standard InChI is InChI=1S/C13H16FN3O2S/c1-20(18,19)17-6-4-16(5-7-17)10-12-8-11(9-15)2-3-13(12)14/h2-3,8H,4-7,10H2,1H3. The molecule has 2 rings (SSSR count). The molecule has 0 amide bonds. The van der Waals surface area contributed by atoms with Gasteiger partial charge in [-0.2, -0.15) is 9.57 Å². The molecule has 0 aliphatic carbocycles. The van der Waals surface area contributed by atoms with Crippen molar-refractivity contribution in [3.63, 3.8) is 0 Å². The van der Waals surface area contributed by atoms with Crippen LogP contribution in [-0.4, -0.2) is 50.1 Å². The monoisotopic (exact) mass is 297 g/mol. The molecule has 1 aromatic rings. The molecule has 108 valence electrons. The third-order valence-electron chi connectivity index (χ3n) is 3.37. The van der Waals surface area contributed by atoms with Crippen LogP contribution < -0.4 is 0 Å². The molecule has 0 saturated carbocycles. The first-order valence-corrected chi connectivity index (χ1v) is 8.11. The number of nitriles is 1. The Bertz CT molecular complexity index is 632. The third-order valence-corrected chi connectivity index (χ3v) is 4.67. The predicted molar refractivity (Wildman–Crippen MR) is 72.8 cm³/mol. The summed E-state index contributed by atoms with van der Waals surface area (Å²) in [4.78, 5) is 1.99. The second kappa shape index (κ2) is 5.87. The van der Waals surface area contributed by atoms with Gasteiger partial charge in [0.25, 0.3) is 0 Å². The number of nitrogens with zero attached hydrogens (tertiary/aromatic N) is 3. The first-order valence-electron chi connectivity index (χ1n) is 6.26. The smallest absolute Gasteiger partial charge is 0.211 e. The molecule has 5 nitrogen and oxygen atoms in total. The minimum atomic E-state index is -3.15. The number of benzene rings is 1. The van der Waals surface area contributed by atoms with Gasteiger partial charge in [-0.05, 0) is 18.2 Å². The summed E-state index contributed by atoms with van der Waals surface area (Å²) in [5.74, 6) is -0.338. The summed E-state index contributed by atoms with van der Waals surface area (Å²) in [6, 6.07) is 6.26. The Balaban J connectivity index is 2.01. The van der Waals surface area contributed by atoms with Crippen molar-refractivity contribution in [2.24, 2.45) is 0 Å². The minimum Gasteiger partial charge on any atom is -0.296 e. The van der Waals surface area contributed by atoms with Gasteiger partial charge >= 0.3 is 0 Å². The van der Waals surface area contributed by atoms with Crippen LogP contribution in [0.2, 0.25) is 0 Å². The summed E-state index contributed by atoms with van der Waals surface area (Å²) in [6.07, 6.45) is 1.19. The van der Waals surface area contributed by atoms with Gasteiger partial charge in [0.1, 0.15) is 5.82 Å². The molecule has 0 N–H and O–H groups in total. The van der Waals surface area contributed by atoms with Crippen LogP contribution in [0.5, 0.6) is 0 Å². The van der Waals surface area contributed by atoms with Crippen molar-refractivity contribution in [3.05, 3.63) is 35.1 Å². The fourth-order valence-corrected chi connectivity index (χ4v) is 3.05. The van der Waals surface area contributed by atoms with Gasteiger partial charge < -0.3 is 0 Å². The largest absolute Gasteiger partial charge is 0.296 e. The van der Waals surface area contributed by atoms with Crippen molar-refractivity contribution < 1.29 is 12.8 Å². The molecule has 1 fully saturated rings. The lowest BCUT2D eigenvalue weighted by atomic mass is 10.1. The normalized spacial score (nSPS) is 17.9. The van der Waals surface area contributed by atoms with Gasteiger partial charge in [-0.1, -0.05) is 0 Å². The molecule has 1 saturated heterocycles. The fourth-order valence-electron chi connectivity index (χ4n) is 2.23. The van der Waals surface area contributed by atoms with Gasteiger partial charge in [0, 0.05) is 38.3 Å². The number of hydrogen-bond acceptors (Lipinski definition) is 4. The van der Waals surface area contributed by atoms with Crippen LogP contribution in [0.4, 0.5) is 4.39 Å². The topological polar surface area (TPSA) is 64.4 Å². The van der Waals surface area contributed by atoms with Gasteiger partial charge in [-0.15, -0.1) is 0 Å². The zero-order valence-corrected chi connectivity index (χ0v) is 12.0. The summed E-state index contributed by atoms with van der Waals surface area (Å²) < 4.78 is 37.9. The van der Waals surface area contributed by atoms with E-state index in [4.69, 9.17) is 5.26 Å². The quantitative estimate of drug-likeness (QED) is 0.827. The highest BCUT2D eigenvalue weighted by atomic mass is 32.2. The molecule has 0 atom stereocenters. The van der Waals surface area contributed by atoms with Crippen molar-refractivity contribution in [3.8, 4) is 6.07 Å². The molecule has 0 aromatic heterocycles. The average molecular weight is 297 g/mol. The lowest BCUT2D eigenvalue weighted by Crippen LogP contribution is -2.47. The van der Waals surface area contributed by atoms with Crippen molar-refractivity contribution in [2.45, 2.75) is 6.54 Å². The Labute approximate surface area is 118 Å². The second-order valence-electron chi connectivity index (χ2n) is 4.86. The highest BCUT2D eigenvalue weighted by Crippen LogP contribution is 2.15. The van der Waals surface area contributed by atoms with Crippen molar-refractivity contribution in [1.82, 2.24) is 9.21 Å². The van der Waals surface area contributed by atoms with E-state index in [0.29, 0.717) is 43.9 Å². The van der Waals surface area contributed by atoms with Crippen LogP contribution >= 0.6 is 0 Å². The molecule has 0 unspecified atom stereocenters. The minimum absolute atomic E-state index is 0.338. The second-order valence-corrected chi connectivity index (χ2v) is 6.84. The maximum atomic E-state index is 13.7.